The molecule has 0 aliphatic rings. The van der Waals surface area contributed by atoms with Crippen LogP contribution in [0.5, 0.6) is 0 Å². The summed E-state index contributed by atoms with van der Waals surface area (Å²) >= 11 is 0. The van der Waals surface area contributed by atoms with Crippen molar-refractivity contribution >= 4 is 22.8 Å². The van der Waals surface area contributed by atoms with Crippen molar-refractivity contribution in [2.45, 2.75) is 39.5 Å². The molecule has 43 heavy (non-hydrogen) atoms. The first-order valence-electron chi connectivity index (χ1n) is 13.5. The van der Waals surface area contributed by atoms with E-state index in [1.165, 1.54) is 6.92 Å². The fraction of sp³-hybridized carbons (Fsp3) is 0.176. The fourth-order valence-electron chi connectivity index (χ4n) is 5.46. The topological polar surface area (TPSA) is 71.3 Å². The number of aryl methyl sites for hydroxylation is 1. The van der Waals surface area contributed by atoms with Gasteiger partial charge in [-0.3, -0.25) is 4.79 Å². The lowest BCUT2D eigenvalue weighted by atomic mass is 9.99. The summed E-state index contributed by atoms with van der Waals surface area (Å²) < 4.78 is 57.1. The highest BCUT2D eigenvalue weighted by Gasteiger charge is 2.36. The van der Waals surface area contributed by atoms with Crippen LogP contribution in [-0.4, -0.2) is 21.6 Å². The van der Waals surface area contributed by atoms with Gasteiger partial charge >= 0.3 is 12.1 Å². The van der Waals surface area contributed by atoms with Crippen molar-refractivity contribution < 1.29 is 32.3 Å². The van der Waals surface area contributed by atoms with Gasteiger partial charge in [0.1, 0.15) is 5.82 Å². The third-order valence-corrected chi connectivity index (χ3v) is 7.80. The monoisotopic (exact) mass is 588 g/mol. The number of amides is 1. The van der Waals surface area contributed by atoms with E-state index in [0.29, 0.717) is 12.1 Å². The maximum absolute atomic E-state index is 14.5. The predicted molar refractivity (Wildman–Crippen MR) is 157 cm³/mol. The van der Waals surface area contributed by atoms with E-state index >= 15 is 0 Å². The summed E-state index contributed by atoms with van der Waals surface area (Å²) in [4.78, 5) is 24.7. The molecule has 0 spiro atoms. The van der Waals surface area contributed by atoms with Gasteiger partial charge in [0.25, 0.3) is 5.91 Å². The molecule has 1 heterocycles. The number of fused-ring (bicyclic) bond motifs is 1. The van der Waals surface area contributed by atoms with E-state index in [9.17, 15) is 32.3 Å². The molecule has 5 rings (SSSR count). The fourth-order valence-corrected chi connectivity index (χ4v) is 5.46. The van der Waals surface area contributed by atoms with Crippen molar-refractivity contribution in [3.8, 4) is 11.1 Å². The number of nitrogens with zero attached hydrogens (tertiary/aromatic N) is 1. The Labute approximate surface area is 245 Å². The second-order valence-corrected chi connectivity index (χ2v) is 10.5. The van der Waals surface area contributed by atoms with E-state index in [1.54, 1.807) is 42.5 Å². The molecule has 5 aromatic rings. The summed E-state index contributed by atoms with van der Waals surface area (Å²) in [5.41, 5.74) is 3.91. The first-order chi connectivity index (χ1) is 20.4. The van der Waals surface area contributed by atoms with Gasteiger partial charge in [0.15, 0.2) is 0 Å². The van der Waals surface area contributed by atoms with Crippen molar-refractivity contribution in [2.24, 2.45) is 0 Å². The number of benzene rings is 4. The number of hydrogen-bond acceptors (Lipinski definition) is 2. The molecule has 0 unspecified atom stereocenters. The van der Waals surface area contributed by atoms with E-state index in [2.05, 4.69) is 9.88 Å². The largest absolute Gasteiger partial charge is 0.478 e. The number of carboxylic acids is 1. The summed E-state index contributed by atoms with van der Waals surface area (Å²) in [6.45, 7) is 5.74. The predicted octanol–water partition coefficient (Wildman–Crippen LogP) is 8.32. The Bertz CT molecular complexity index is 1860. The van der Waals surface area contributed by atoms with Crippen LogP contribution >= 0.6 is 0 Å². The average Bonchev–Trinajstić information content (AvgIpc) is 3.21. The Hall–Kier alpha value is -4.92. The molecule has 0 aliphatic heterocycles. The molecular formula is C34H28F4N2O3. The molecule has 0 saturated heterocycles. The number of hydrogen-bond donors (Lipinski definition) is 2. The maximum atomic E-state index is 14.5. The van der Waals surface area contributed by atoms with Gasteiger partial charge in [-0.2, -0.15) is 13.2 Å². The van der Waals surface area contributed by atoms with Gasteiger partial charge in [-0.15, -0.1) is 0 Å². The number of aromatic carboxylic acids is 1. The standard InChI is InChI=1S/C34H28F4N2O3/c1-19-21(3)40(18-22-11-13-23(14-12-22)25-7-4-5-8-26(25)33(42)43)30-16-15-24(17-27(19)30)32(41)39-20(2)31-28(34(36,37)38)9-6-10-29(31)35/h4-17,20H,18H2,1-3H3,(H,39,41)(H,42,43)/t20-/m1/s1. The highest BCUT2D eigenvalue weighted by molar-refractivity contribution is 5.99. The Morgan fingerprint density at radius 1 is 0.930 bits per heavy atom. The first-order valence-corrected chi connectivity index (χ1v) is 13.5. The number of rotatable bonds is 7. The highest BCUT2D eigenvalue weighted by Crippen LogP contribution is 2.36. The zero-order chi connectivity index (χ0) is 31.1. The number of nitrogens with one attached hydrogen (secondary N) is 1. The SMILES string of the molecule is Cc1c(C)n(Cc2ccc(-c3ccccc3C(=O)O)cc2)c2ccc(C(=O)N[C@H](C)c3c(F)cccc3C(F)(F)F)cc12. The van der Waals surface area contributed by atoms with Gasteiger partial charge < -0.3 is 15.0 Å². The van der Waals surface area contributed by atoms with Crippen LogP contribution in [-0.2, 0) is 12.7 Å². The minimum Gasteiger partial charge on any atom is -0.478 e. The molecule has 1 atom stereocenters. The van der Waals surface area contributed by atoms with Crippen LogP contribution in [0.3, 0.4) is 0 Å². The second-order valence-electron chi connectivity index (χ2n) is 10.5. The number of carboxylic acid groups (broad SMARTS) is 1. The molecule has 0 bridgehead atoms. The number of alkyl halides is 3. The second kappa shape index (κ2) is 11.4. The Balaban J connectivity index is 1.40. The lowest BCUT2D eigenvalue weighted by Crippen LogP contribution is -2.29. The Morgan fingerprint density at radius 3 is 2.30 bits per heavy atom. The summed E-state index contributed by atoms with van der Waals surface area (Å²) in [5.74, 6) is -2.65. The molecule has 5 nitrogen and oxygen atoms in total. The van der Waals surface area contributed by atoms with Gasteiger partial charge in [-0.05, 0) is 79.4 Å². The average molecular weight is 589 g/mol. The molecule has 1 amide bonds. The normalized spacial score (nSPS) is 12.3. The van der Waals surface area contributed by atoms with Crippen molar-refractivity contribution in [3.63, 3.8) is 0 Å². The third-order valence-electron chi connectivity index (χ3n) is 7.80. The van der Waals surface area contributed by atoms with Gasteiger partial charge in [-0.25, -0.2) is 9.18 Å². The molecule has 0 saturated carbocycles. The van der Waals surface area contributed by atoms with Crippen LogP contribution in [0.25, 0.3) is 22.0 Å². The Kier molecular flexibility index (Phi) is 7.84. The van der Waals surface area contributed by atoms with Crippen molar-refractivity contribution in [1.29, 1.82) is 0 Å². The summed E-state index contributed by atoms with van der Waals surface area (Å²) in [6, 6.07) is 21.0. The molecule has 9 heteroatoms. The molecular weight excluding hydrogens is 560 g/mol. The minimum absolute atomic E-state index is 0.224. The van der Waals surface area contributed by atoms with E-state index < -0.39 is 41.0 Å². The molecule has 220 valence electrons. The van der Waals surface area contributed by atoms with Gasteiger partial charge in [0, 0.05) is 34.3 Å². The molecule has 2 N–H and O–H groups in total. The zero-order valence-corrected chi connectivity index (χ0v) is 23.6. The molecule has 4 aromatic carbocycles. The van der Waals surface area contributed by atoms with Crippen molar-refractivity contribution in [3.05, 3.63) is 130 Å². The minimum atomic E-state index is -4.77. The molecule has 0 fully saturated rings. The summed E-state index contributed by atoms with van der Waals surface area (Å²) in [6.07, 6.45) is -4.77. The van der Waals surface area contributed by atoms with Crippen LogP contribution in [0.2, 0.25) is 0 Å². The van der Waals surface area contributed by atoms with E-state index in [4.69, 9.17) is 0 Å². The maximum Gasteiger partial charge on any atom is 0.416 e. The molecule has 0 radical (unpaired) electrons. The van der Waals surface area contributed by atoms with Gasteiger partial charge in [0.05, 0.1) is 17.2 Å². The van der Waals surface area contributed by atoms with Crippen LogP contribution < -0.4 is 5.32 Å². The third kappa shape index (κ3) is 5.75. The lowest BCUT2D eigenvalue weighted by molar-refractivity contribution is -0.138. The number of carbonyl (C=O) groups is 2. The van der Waals surface area contributed by atoms with Crippen LogP contribution in [0.15, 0.2) is 84.9 Å². The van der Waals surface area contributed by atoms with Crippen molar-refractivity contribution in [1.82, 2.24) is 9.88 Å². The molecule has 0 aliphatic carbocycles. The summed E-state index contributed by atoms with van der Waals surface area (Å²) in [7, 11) is 0. The molecule has 1 aromatic heterocycles. The van der Waals surface area contributed by atoms with Gasteiger partial charge in [-0.1, -0.05) is 48.5 Å². The smallest absolute Gasteiger partial charge is 0.416 e. The van der Waals surface area contributed by atoms with Gasteiger partial charge in [0.2, 0.25) is 0 Å². The van der Waals surface area contributed by atoms with E-state index in [1.807, 2.05) is 38.1 Å². The summed E-state index contributed by atoms with van der Waals surface area (Å²) in [5, 5.41) is 12.9. The number of carbonyl (C=O) groups excluding carboxylic acids is 1. The number of aromatic nitrogens is 1. The number of halogens is 4. The van der Waals surface area contributed by atoms with E-state index in [-0.39, 0.29) is 11.1 Å². The van der Waals surface area contributed by atoms with Crippen LogP contribution in [0.4, 0.5) is 17.6 Å². The Morgan fingerprint density at radius 2 is 1.63 bits per heavy atom. The lowest BCUT2D eigenvalue weighted by Gasteiger charge is -2.20. The van der Waals surface area contributed by atoms with Crippen LogP contribution in [0.1, 0.15) is 61.6 Å². The van der Waals surface area contributed by atoms with Crippen LogP contribution in [0, 0.1) is 19.7 Å². The zero-order valence-electron chi connectivity index (χ0n) is 23.6. The van der Waals surface area contributed by atoms with E-state index in [0.717, 1.165) is 51.5 Å². The highest BCUT2D eigenvalue weighted by atomic mass is 19.4. The quantitative estimate of drug-likeness (QED) is 0.188. The first kappa shape index (κ1) is 29.6. The van der Waals surface area contributed by atoms with Crippen molar-refractivity contribution in [2.75, 3.05) is 0 Å².